The van der Waals surface area contributed by atoms with E-state index in [1.807, 2.05) is 0 Å². The van der Waals surface area contributed by atoms with Crippen molar-refractivity contribution in [1.82, 2.24) is 4.90 Å². The van der Waals surface area contributed by atoms with Crippen LogP contribution in [0.2, 0.25) is 0 Å². The lowest BCUT2D eigenvalue weighted by Crippen LogP contribution is -2.42. The van der Waals surface area contributed by atoms with Gasteiger partial charge in [-0.05, 0) is 12.1 Å². The molecule has 1 atom stereocenters. The second-order valence-electron chi connectivity index (χ2n) is 4.97. The van der Waals surface area contributed by atoms with E-state index in [4.69, 9.17) is 0 Å². The van der Waals surface area contributed by atoms with E-state index < -0.39 is 23.9 Å². The van der Waals surface area contributed by atoms with Crippen LogP contribution in [0.25, 0.3) is 0 Å². The number of fused-ring (bicyclic) bond motifs is 1. The molecule has 124 valence electrons. The van der Waals surface area contributed by atoms with Gasteiger partial charge in [-0.25, -0.2) is 0 Å². The second kappa shape index (κ2) is 7.08. The average Bonchev–Trinajstić information content (AvgIpc) is 2.46. The molecule has 0 aliphatic carbocycles. The van der Waals surface area contributed by atoms with Crippen LogP contribution < -0.4 is 5.32 Å². The summed E-state index contributed by atoms with van der Waals surface area (Å²) < 4.78 is 37.6. The van der Waals surface area contributed by atoms with Gasteiger partial charge in [-0.2, -0.15) is 13.2 Å². The van der Waals surface area contributed by atoms with E-state index in [0.717, 1.165) is 4.90 Å². The number of rotatable bonds is 5. The van der Waals surface area contributed by atoms with Crippen LogP contribution in [0.5, 0.6) is 0 Å². The van der Waals surface area contributed by atoms with Crippen LogP contribution in [0, 0.1) is 0 Å². The summed E-state index contributed by atoms with van der Waals surface area (Å²) in [5.74, 6) is -1.11. The molecule has 0 spiro atoms. The molecule has 1 aliphatic rings. The third-order valence-electron chi connectivity index (χ3n) is 3.14. The SMILES string of the molecule is C=CCN(CC(F)(F)F)C(=O)C[C@@H]1Sc2ccccc2NC1=O. The third-order valence-corrected chi connectivity index (χ3v) is 4.41. The van der Waals surface area contributed by atoms with E-state index in [-0.39, 0.29) is 18.9 Å². The van der Waals surface area contributed by atoms with Crippen molar-refractivity contribution in [2.75, 3.05) is 18.4 Å². The van der Waals surface area contributed by atoms with Crippen LogP contribution in [0.1, 0.15) is 6.42 Å². The fourth-order valence-corrected chi connectivity index (χ4v) is 3.24. The van der Waals surface area contributed by atoms with Crippen LogP contribution in [0.3, 0.4) is 0 Å². The number of amides is 2. The number of alkyl halides is 3. The standard InChI is InChI=1S/C15H15F3N2O2S/c1-2-7-20(9-15(16,17)18)13(21)8-12-14(22)19-10-5-3-4-6-11(10)23-12/h2-6,12H,1,7-9H2,(H,19,22)/t12-/m0/s1. The predicted octanol–water partition coefficient (Wildman–Crippen LogP) is 3.07. The van der Waals surface area contributed by atoms with Crippen LogP contribution in [0.15, 0.2) is 41.8 Å². The van der Waals surface area contributed by atoms with Gasteiger partial charge in [0.15, 0.2) is 0 Å². The van der Waals surface area contributed by atoms with Crippen molar-refractivity contribution in [3.05, 3.63) is 36.9 Å². The Hall–Kier alpha value is -1.96. The first kappa shape index (κ1) is 17.4. The Kier molecular flexibility index (Phi) is 5.35. The number of anilines is 1. The Balaban J connectivity index is 2.06. The van der Waals surface area contributed by atoms with Gasteiger partial charge in [-0.15, -0.1) is 18.3 Å². The fourth-order valence-electron chi connectivity index (χ4n) is 2.14. The van der Waals surface area contributed by atoms with Gasteiger partial charge < -0.3 is 10.2 Å². The van der Waals surface area contributed by atoms with Gasteiger partial charge in [0.05, 0.1) is 10.9 Å². The maximum Gasteiger partial charge on any atom is 0.406 e. The highest BCUT2D eigenvalue weighted by Gasteiger charge is 2.35. The minimum atomic E-state index is -4.49. The molecule has 1 aromatic rings. The van der Waals surface area contributed by atoms with Crippen molar-refractivity contribution < 1.29 is 22.8 Å². The minimum Gasteiger partial charge on any atom is -0.330 e. The Labute approximate surface area is 135 Å². The zero-order valence-electron chi connectivity index (χ0n) is 12.1. The average molecular weight is 344 g/mol. The van der Waals surface area contributed by atoms with Crippen molar-refractivity contribution in [1.29, 1.82) is 0 Å². The van der Waals surface area contributed by atoms with Crippen molar-refractivity contribution >= 4 is 29.3 Å². The molecular formula is C15H15F3N2O2S. The number of nitrogens with zero attached hydrogens (tertiary/aromatic N) is 1. The number of carbonyl (C=O) groups is 2. The normalized spacial score (nSPS) is 17.2. The zero-order valence-corrected chi connectivity index (χ0v) is 12.9. The first-order valence-electron chi connectivity index (χ1n) is 6.82. The number of hydrogen-bond donors (Lipinski definition) is 1. The molecule has 23 heavy (non-hydrogen) atoms. The highest BCUT2D eigenvalue weighted by molar-refractivity contribution is 8.01. The zero-order chi connectivity index (χ0) is 17.0. The maximum atomic E-state index is 12.5. The van der Waals surface area contributed by atoms with Crippen LogP contribution >= 0.6 is 11.8 Å². The van der Waals surface area contributed by atoms with E-state index >= 15 is 0 Å². The molecule has 1 N–H and O–H groups in total. The van der Waals surface area contributed by atoms with Gasteiger partial charge in [0, 0.05) is 17.9 Å². The number of thioether (sulfide) groups is 1. The van der Waals surface area contributed by atoms with E-state index in [2.05, 4.69) is 11.9 Å². The smallest absolute Gasteiger partial charge is 0.330 e. The number of halogens is 3. The van der Waals surface area contributed by atoms with E-state index in [1.54, 1.807) is 24.3 Å². The van der Waals surface area contributed by atoms with Crippen molar-refractivity contribution in [3.63, 3.8) is 0 Å². The molecular weight excluding hydrogens is 329 g/mol. The number of nitrogens with one attached hydrogen (secondary N) is 1. The Morgan fingerprint density at radius 3 is 2.74 bits per heavy atom. The molecule has 0 radical (unpaired) electrons. The summed E-state index contributed by atoms with van der Waals surface area (Å²) in [7, 11) is 0. The van der Waals surface area contributed by atoms with E-state index in [1.165, 1.54) is 17.8 Å². The summed E-state index contributed by atoms with van der Waals surface area (Å²) in [5, 5.41) is 1.91. The number of para-hydroxylation sites is 1. The Bertz CT molecular complexity index is 619. The molecule has 1 aliphatic heterocycles. The molecule has 0 unspecified atom stereocenters. The van der Waals surface area contributed by atoms with Crippen LogP contribution in [-0.2, 0) is 9.59 Å². The highest BCUT2D eigenvalue weighted by atomic mass is 32.2. The van der Waals surface area contributed by atoms with Crippen LogP contribution in [-0.4, -0.2) is 41.2 Å². The van der Waals surface area contributed by atoms with Gasteiger partial charge in [-0.3, -0.25) is 9.59 Å². The number of benzene rings is 1. The topological polar surface area (TPSA) is 49.4 Å². The summed E-state index contributed by atoms with van der Waals surface area (Å²) in [6.07, 6.45) is -3.56. The number of carbonyl (C=O) groups excluding carboxylic acids is 2. The lowest BCUT2D eigenvalue weighted by Gasteiger charge is -2.27. The third kappa shape index (κ3) is 4.75. The molecule has 4 nitrogen and oxygen atoms in total. The molecule has 0 saturated heterocycles. The molecule has 1 heterocycles. The maximum absolute atomic E-state index is 12.5. The molecule has 2 rings (SSSR count). The van der Waals surface area contributed by atoms with Gasteiger partial charge >= 0.3 is 6.18 Å². The molecule has 0 aromatic heterocycles. The van der Waals surface area contributed by atoms with Gasteiger partial charge in [-0.1, -0.05) is 18.2 Å². The van der Waals surface area contributed by atoms with Crippen molar-refractivity contribution in [2.24, 2.45) is 0 Å². The van der Waals surface area contributed by atoms with E-state index in [0.29, 0.717) is 10.6 Å². The highest BCUT2D eigenvalue weighted by Crippen LogP contribution is 2.36. The second-order valence-corrected chi connectivity index (χ2v) is 6.22. The first-order valence-corrected chi connectivity index (χ1v) is 7.70. The van der Waals surface area contributed by atoms with Gasteiger partial charge in [0.1, 0.15) is 6.54 Å². The quantitative estimate of drug-likeness (QED) is 0.835. The molecule has 0 fully saturated rings. The number of hydrogen-bond acceptors (Lipinski definition) is 3. The largest absolute Gasteiger partial charge is 0.406 e. The van der Waals surface area contributed by atoms with Gasteiger partial charge in [0.2, 0.25) is 11.8 Å². The Morgan fingerprint density at radius 1 is 1.39 bits per heavy atom. The summed E-state index contributed by atoms with van der Waals surface area (Å²) >= 11 is 1.18. The lowest BCUT2D eigenvalue weighted by molar-refractivity contribution is -0.160. The molecule has 2 amide bonds. The van der Waals surface area contributed by atoms with E-state index in [9.17, 15) is 22.8 Å². The molecule has 8 heteroatoms. The Morgan fingerprint density at radius 2 is 2.09 bits per heavy atom. The van der Waals surface area contributed by atoms with Gasteiger partial charge in [0.25, 0.3) is 0 Å². The van der Waals surface area contributed by atoms with Crippen LogP contribution in [0.4, 0.5) is 18.9 Å². The van der Waals surface area contributed by atoms with Crippen molar-refractivity contribution in [2.45, 2.75) is 22.7 Å². The monoisotopic (exact) mass is 344 g/mol. The fraction of sp³-hybridized carbons (Fsp3) is 0.333. The predicted molar refractivity (Wildman–Crippen MR) is 82.2 cm³/mol. The lowest BCUT2D eigenvalue weighted by atomic mass is 10.2. The molecule has 1 aromatic carbocycles. The summed E-state index contributed by atoms with van der Waals surface area (Å²) in [5.41, 5.74) is 0.643. The molecule has 0 bridgehead atoms. The summed E-state index contributed by atoms with van der Waals surface area (Å²) in [4.78, 5) is 25.6. The summed E-state index contributed by atoms with van der Waals surface area (Å²) in [6.45, 7) is 1.79. The first-order chi connectivity index (χ1) is 10.8. The molecule has 0 saturated carbocycles. The van der Waals surface area contributed by atoms with Crippen molar-refractivity contribution in [3.8, 4) is 0 Å². The minimum absolute atomic E-state index is 0.214. The summed E-state index contributed by atoms with van der Waals surface area (Å²) in [6, 6.07) is 7.07.